The third-order valence-corrected chi connectivity index (χ3v) is 2.87. The third kappa shape index (κ3) is 4.36. The largest absolute Gasteiger partial charge is 0.463 e. The van der Waals surface area contributed by atoms with Crippen LogP contribution in [0.15, 0.2) is 0 Å². The number of rotatable bonds is 6. The molecule has 0 bridgehead atoms. The molecule has 0 unspecified atom stereocenters. The first-order chi connectivity index (χ1) is 8.56. The normalized spacial score (nSPS) is 28.2. The number of hydrogen-bond donors (Lipinski definition) is 2. The minimum Gasteiger partial charge on any atom is -0.463 e. The zero-order chi connectivity index (χ0) is 13.5. The molecule has 1 heterocycles. The molecular formula is C12H20O6. The summed E-state index contributed by atoms with van der Waals surface area (Å²) in [7, 11) is 0. The summed E-state index contributed by atoms with van der Waals surface area (Å²) >= 11 is 0. The summed E-state index contributed by atoms with van der Waals surface area (Å²) in [5.74, 6) is -0.918. The maximum Gasteiger partial charge on any atom is 0.305 e. The van der Waals surface area contributed by atoms with Crippen molar-refractivity contribution in [3.05, 3.63) is 0 Å². The third-order valence-electron chi connectivity index (χ3n) is 2.87. The fourth-order valence-corrected chi connectivity index (χ4v) is 1.68. The van der Waals surface area contributed by atoms with E-state index in [-0.39, 0.29) is 19.2 Å². The van der Waals surface area contributed by atoms with Gasteiger partial charge in [0.15, 0.2) is 5.78 Å². The van der Waals surface area contributed by atoms with Crippen molar-refractivity contribution in [1.82, 2.24) is 0 Å². The minimum absolute atomic E-state index is 0.142. The Morgan fingerprint density at radius 1 is 1.44 bits per heavy atom. The monoisotopic (exact) mass is 260 g/mol. The molecule has 0 saturated carbocycles. The molecule has 0 radical (unpaired) electrons. The van der Waals surface area contributed by atoms with Gasteiger partial charge < -0.3 is 19.7 Å². The van der Waals surface area contributed by atoms with Gasteiger partial charge in [-0.3, -0.25) is 9.59 Å². The minimum atomic E-state index is -1.46. The molecule has 2 N–H and O–H groups in total. The number of ether oxygens (including phenoxy) is 2. The zero-order valence-corrected chi connectivity index (χ0v) is 10.5. The van der Waals surface area contributed by atoms with E-state index in [1.54, 1.807) is 0 Å². The van der Waals surface area contributed by atoms with Gasteiger partial charge in [0.2, 0.25) is 0 Å². The molecule has 1 rings (SSSR count). The van der Waals surface area contributed by atoms with Gasteiger partial charge in [-0.1, -0.05) is 19.8 Å². The van der Waals surface area contributed by atoms with Gasteiger partial charge in [-0.05, 0) is 6.42 Å². The van der Waals surface area contributed by atoms with Crippen LogP contribution < -0.4 is 0 Å². The van der Waals surface area contributed by atoms with Gasteiger partial charge in [0.1, 0.15) is 31.5 Å². The summed E-state index contributed by atoms with van der Waals surface area (Å²) in [6.45, 7) is 1.63. The summed E-state index contributed by atoms with van der Waals surface area (Å²) in [6, 6.07) is 0. The molecule has 0 aromatic heterocycles. The summed E-state index contributed by atoms with van der Waals surface area (Å²) < 4.78 is 9.95. The van der Waals surface area contributed by atoms with Gasteiger partial charge in [-0.2, -0.15) is 0 Å². The molecule has 3 atom stereocenters. The van der Waals surface area contributed by atoms with E-state index in [1.165, 1.54) is 0 Å². The first kappa shape index (κ1) is 15.1. The molecule has 1 aliphatic rings. The number of carbonyl (C=O) groups is 2. The van der Waals surface area contributed by atoms with Crippen LogP contribution in [0.5, 0.6) is 0 Å². The quantitative estimate of drug-likeness (QED) is 0.507. The van der Waals surface area contributed by atoms with Crippen LogP contribution in [-0.2, 0) is 19.1 Å². The second-order valence-corrected chi connectivity index (χ2v) is 4.39. The first-order valence-electron chi connectivity index (χ1n) is 6.22. The molecule has 0 aromatic rings. The molecule has 6 nitrogen and oxygen atoms in total. The second kappa shape index (κ2) is 7.45. The summed E-state index contributed by atoms with van der Waals surface area (Å²) in [6.07, 6.45) is -0.551. The second-order valence-electron chi connectivity index (χ2n) is 4.39. The Kier molecular flexibility index (Phi) is 6.24. The van der Waals surface area contributed by atoms with Gasteiger partial charge in [0.25, 0.3) is 0 Å². The molecule has 0 amide bonds. The Balaban J connectivity index is 2.26. The van der Waals surface area contributed by atoms with Crippen molar-refractivity contribution in [2.75, 3.05) is 13.2 Å². The molecule has 0 aliphatic carbocycles. The van der Waals surface area contributed by atoms with Gasteiger partial charge in [0, 0.05) is 6.42 Å². The van der Waals surface area contributed by atoms with E-state index in [0.717, 1.165) is 19.3 Å². The van der Waals surface area contributed by atoms with Crippen molar-refractivity contribution >= 4 is 11.8 Å². The van der Waals surface area contributed by atoms with Crippen LogP contribution >= 0.6 is 0 Å². The Morgan fingerprint density at radius 3 is 2.83 bits per heavy atom. The van der Waals surface area contributed by atoms with E-state index in [2.05, 4.69) is 0 Å². The lowest BCUT2D eigenvalue weighted by Crippen LogP contribution is -2.52. The molecular weight excluding hydrogens is 240 g/mol. The fraction of sp³-hybridized carbons (Fsp3) is 0.833. The average molecular weight is 260 g/mol. The molecule has 0 aromatic carbocycles. The Hall–Kier alpha value is -0.980. The highest BCUT2D eigenvalue weighted by atomic mass is 16.6. The summed E-state index contributed by atoms with van der Waals surface area (Å²) in [5.41, 5.74) is 0. The highest BCUT2D eigenvalue weighted by Crippen LogP contribution is 2.13. The fourth-order valence-electron chi connectivity index (χ4n) is 1.68. The molecule has 1 fully saturated rings. The number of aliphatic hydroxyl groups excluding tert-OH is 2. The molecule has 104 valence electrons. The van der Waals surface area contributed by atoms with Crippen molar-refractivity contribution < 1.29 is 29.3 Å². The Morgan fingerprint density at radius 2 is 2.17 bits per heavy atom. The lowest BCUT2D eigenvalue weighted by atomic mass is 10.0. The smallest absolute Gasteiger partial charge is 0.305 e. The number of hydrogen-bond acceptors (Lipinski definition) is 6. The predicted molar refractivity (Wildman–Crippen MR) is 61.9 cm³/mol. The van der Waals surface area contributed by atoms with Crippen molar-refractivity contribution in [3.8, 4) is 0 Å². The molecule has 6 heteroatoms. The number of unbranched alkanes of at least 4 members (excludes halogenated alkanes) is 2. The molecule has 18 heavy (non-hydrogen) atoms. The van der Waals surface area contributed by atoms with Crippen LogP contribution in [-0.4, -0.2) is 53.5 Å². The van der Waals surface area contributed by atoms with Crippen molar-refractivity contribution in [2.45, 2.75) is 50.9 Å². The maximum absolute atomic E-state index is 11.3. The number of ketones is 1. The van der Waals surface area contributed by atoms with E-state index in [9.17, 15) is 19.8 Å². The topological polar surface area (TPSA) is 93.1 Å². The highest BCUT2D eigenvalue weighted by molar-refractivity contribution is 5.85. The van der Waals surface area contributed by atoms with Crippen LogP contribution in [0.3, 0.4) is 0 Å². The van der Waals surface area contributed by atoms with Gasteiger partial charge in [-0.15, -0.1) is 0 Å². The number of Topliss-reactive ketones (excluding diaryl/α,β-unsaturated/α-hetero) is 1. The lowest BCUT2D eigenvalue weighted by molar-refractivity contribution is -0.177. The molecule has 0 spiro atoms. The summed E-state index contributed by atoms with van der Waals surface area (Å²) in [5, 5.41) is 18.9. The number of esters is 1. The number of aliphatic hydroxyl groups is 2. The Bertz CT molecular complexity index is 290. The van der Waals surface area contributed by atoms with E-state index >= 15 is 0 Å². The van der Waals surface area contributed by atoms with Gasteiger partial charge in [0.05, 0.1) is 0 Å². The van der Waals surface area contributed by atoms with Crippen LogP contribution in [0.2, 0.25) is 0 Å². The van der Waals surface area contributed by atoms with Crippen LogP contribution in [0, 0.1) is 0 Å². The van der Waals surface area contributed by atoms with Crippen molar-refractivity contribution in [3.63, 3.8) is 0 Å². The van der Waals surface area contributed by atoms with Crippen molar-refractivity contribution in [1.29, 1.82) is 0 Å². The van der Waals surface area contributed by atoms with Crippen LogP contribution in [0.1, 0.15) is 32.6 Å². The predicted octanol–water partition coefficient (Wildman–Crippen LogP) is -0.200. The maximum atomic E-state index is 11.3. The van der Waals surface area contributed by atoms with Gasteiger partial charge in [-0.25, -0.2) is 0 Å². The SMILES string of the molecule is CCCCCC(=O)OC[C@H]1OCC(=O)[C@@H](O)[C@@H]1O. The average Bonchev–Trinajstić information content (AvgIpc) is 2.35. The Labute approximate surface area is 106 Å². The highest BCUT2D eigenvalue weighted by Gasteiger charge is 2.37. The molecule has 1 saturated heterocycles. The van der Waals surface area contributed by atoms with E-state index < -0.39 is 24.1 Å². The lowest BCUT2D eigenvalue weighted by Gasteiger charge is -2.30. The number of carbonyl (C=O) groups excluding carboxylic acids is 2. The van der Waals surface area contributed by atoms with E-state index in [4.69, 9.17) is 9.47 Å². The van der Waals surface area contributed by atoms with Crippen LogP contribution in [0.4, 0.5) is 0 Å². The van der Waals surface area contributed by atoms with Crippen LogP contribution in [0.25, 0.3) is 0 Å². The molecule has 1 aliphatic heterocycles. The van der Waals surface area contributed by atoms with E-state index in [1.807, 2.05) is 6.92 Å². The summed E-state index contributed by atoms with van der Waals surface area (Å²) in [4.78, 5) is 22.3. The van der Waals surface area contributed by atoms with E-state index in [0.29, 0.717) is 6.42 Å². The van der Waals surface area contributed by atoms with Gasteiger partial charge >= 0.3 is 5.97 Å². The zero-order valence-electron chi connectivity index (χ0n) is 10.5. The first-order valence-corrected chi connectivity index (χ1v) is 6.22. The van der Waals surface area contributed by atoms with Crippen molar-refractivity contribution in [2.24, 2.45) is 0 Å². The standard InChI is InChI=1S/C12H20O6/c1-2-3-4-5-10(14)18-7-9-12(16)11(15)8(13)6-17-9/h9,11-12,15-16H,2-7H2,1H3/t9-,11-,12-/m1/s1.